The number of Topliss-reactive ketones (excluding diaryl/α,β-unsaturated/α-hetero) is 1. The van der Waals surface area contributed by atoms with E-state index in [1.54, 1.807) is 6.20 Å². The zero-order chi connectivity index (χ0) is 15.9. The second-order valence-corrected chi connectivity index (χ2v) is 6.44. The molecule has 2 nitrogen and oxygen atoms in total. The van der Waals surface area contributed by atoms with E-state index in [9.17, 15) is 4.79 Å². The Bertz CT molecular complexity index is 862. The average molecular weight is 291 g/mol. The smallest absolute Gasteiger partial charge is 0.166 e. The third-order valence-electron chi connectivity index (χ3n) is 4.20. The van der Waals surface area contributed by atoms with Gasteiger partial charge in [-0.1, -0.05) is 52.0 Å². The van der Waals surface area contributed by atoms with E-state index in [2.05, 4.69) is 43.1 Å². The molecule has 0 saturated carbocycles. The number of aromatic nitrogens is 1. The molecule has 0 saturated heterocycles. The van der Waals surface area contributed by atoms with E-state index in [-0.39, 0.29) is 11.7 Å². The zero-order valence-electron chi connectivity index (χ0n) is 13.6. The van der Waals surface area contributed by atoms with Crippen molar-refractivity contribution in [3.63, 3.8) is 0 Å². The molecule has 0 bridgehead atoms. The summed E-state index contributed by atoms with van der Waals surface area (Å²) in [6, 6.07) is 12.3. The molecule has 22 heavy (non-hydrogen) atoms. The van der Waals surface area contributed by atoms with Gasteiger partial charge in [0.2, 0.25) is 0 Å². The van der Waals surface area contributed by atoms with Gasteiger partial charge in [-0.25, -0.2) is 0 Å². The standard InChI is InChI=1S/C20H21NO/c1-12(2)17-11-18-16(20(22)13(3)4)9-10-21-19(18)15-8-6-5-7-14(15)17/h5-13H,1-4H3. The molecule has 1 aromatic heterocycles. The van der Waals surface area contributed by atoms with Gasteiger partial charge in [0.1, 0.15) is 0 Å². The first-order valence-corrected chi connectivity index (χ1v) is 7.85. The van der Waals surface area contributed by atoms with E-state index in [0.717, 1.165) is 21.9 Å². The van der Waals surface area contributed by atoms with Crippen molar-refractivity contribution in [3.8, 4) is 0 Å². The molecule has 0 unspecified atom stereocenters. The van der Waals surface area contributed by atoms with Crippen LogP contribution in [0.1, 0.15) is 49.5 Å². The van der Waals surface area contributed by atoms with Gasteiger partial charge >= 0.3 is 0 Å². The molecular weight excluding hydrogens is 270 g/mol. The summed E-state index contributed by atoms with van der Waals surface area (Å²) in [6.45, 7) is 8.26. The fourth-order valence-electron chi connectivity index (χ4n) is 3.01. The Morgan fingerprint density at radius 1 is 0.955 bits per heavy atom. The van der Waals surface area contributed by atoms with Crippen molar-refractivity contribution in [2.75, 3.05) is 0 Å². The molecule has 0 amide bonds. The predicted molar refractivity (Wildman–Crippen MR) is 92.5 cm³/mol. The Kier molecular flexibility index (Phi) is 3.69. The van der Waals surface area contributed by atoms with E-state index in [4.69, 9.17) is 0 Å². The summed E-state index contributed by atoms with van der Waals surface area (Å²) in [5.74, 6) is 0.563. The number of hydrogen-bond donors (Lipinski definition) is 0. The molecule has 0 aliphatic heterocycles. The first-order chi connectivity index (χ1) is 10.5. The van der Waals surface area contributed by atoms with Gasteiger partial charge in [-0.3, -0.25) is 9.78 Å². The Morgan fingerprint density at radius 2 is 1.64 bits per heavy atom. The highest BCUT2D eigenvalue weighted by Gasteiger charge is 2.17. The molecule has 0 spiro atoms. The molecule has 2 heteroatoms. The lowest BCUT2D eigenvalue weighted by atomic mass is 9.90. The maximum Gasteiger partial charge on any atom is 0.166 e. The van der Waals surface area contributed by atoms with Crippen molar-refractivity contribution in [2.45, 2.75) is 33.6 Å². The fraction of sp³-hybridized carbons (Fsp3) is 0.300. The van der Waals surface area contributed by atoms with E-state index in [1.807, 2.05) is 26.0 Å². The van der Waals surface area contributed by atoms with Gasteiger partial charge in [-0.15, -0.1) is 0 Å². The molecular formula is C20H21NO. The summed E-state index contributed by atoms with van der Waals surface area (Å²) in [7, 11) is 0. The molecule has 0 fully saturated rings. The van der Waals surface area contributed by atoms with E-state index >= 15 is 0 Å². The molecule has 2 aromatic carbocycles. The number of pyridine rings is 1. The quantitative estimate of drug-likeness (QED) is 0.481. The molecule has 3 rings (SSSR count). The number of fused-ring (bicyclic) bond motifs is 3. The van der Waals surface area contributed by atoms with Crippen molar-refractivity contribution in [2.24, 2.45) is 5.92 Å². The Balaban J connectivity index is 2.46. The van der Waals surface area contributed by atoms with Crippen molar-refractivity contribution in [3.05, 3.63) is 53.7 Å². The maximum absolute atomic E-state index is 12.5. The van der Waals surface area contributed by atoms with Gasteiger partial charge in [0.05, 0.1) is 5.52 Å². The first-order valence-electron chi connectivity index (χ1n) is 7.85. The Hall–Kier alpha value is -2.22. The molecule has 0 N–H and O–H groups in total. The van der Waals surface area contributed by atoms with Gasteiger partial charge < -0.3 is 0 Å². The summed E-state index contributed by atoms with van der Waals surface area (Å²) in [5.41, 5.74) is 2.98. The average Bonchev–Trinajstić information content (AvgIpc) is 2.52. The second kappa shape index (κ2) is 5.53. The highest BCUT2D eigenvalue weighted by atomic mass is 16.1. The van der Waals surface area contributed by atoms with Crippen LogP contribution in [0, 0.1) is 5.92 Å². The number of carbonyl (C=O) groups excluding carboxylic acids is 1. The molecule has 3 aromatic rings. The summed E-state index contributed by atoms with van der Waals surface area (Å²) in [5, 5.41) is 3.33. The highest BCUT2D eigenvalue weighted by molar-refractivity contribution is 6.15. The van der Waals surface area contributed by atoms with E-state index in [0.29, 0.717) is 5.92 Å². The minimum Gasteiger partial charge on any atom is -0.294 e. The lowest BCUT2D eigenvalue weighted by molar-refractivity contribution is 0.0941. The van der Waals surface area contributed by atoms with Crippen LogP contribution in [0.4, 0.5) is 0 Å². The van der Waals surface area contributed by atoms with Crippen LogP contribution in [-0.4, -0.2) is 10.8 Å². The van der Waals surface area contributed by atoms with Crippen LogP contribution in [0.2, 0.25) is 0 Å². The number of nitrogens with zero attached hydrogens (tertiary/aromatic N) is 1. The van der Waals surface area contributed by atoms with Crippen molar-refractivity contribution >= 4 is 27.5 Å². The molecule has 1 heterocycles. The second-order valence-electron chi connectivity index (χ2n) is 6.44. The maximum atomic E-state index is 12.5. The summed E-state index contributed by atoms with van der Waals surface area (Å²) >= 11 is 0. The van der Waals surface area contributed by atoms with Gasteiger partial charge in [0.25, 0.3) is 0 Å². The van der Waals surface area contributed by atoms with E-state index < -0.39 is 0 Å². The Labute approximate surface area is 131 Å². The third-order valence-corrected chi connectivity index (χ3v) is 4.20. The van der Waals surface area contributed by atoms with E-state index in [1.165, 1.54) is 10.9 Å². The summed E-state index contributed by atoms with van der Waals surface area (Å²) in [4.78, 5) is 17.1. The molecule has 112 valence electrons. The van der Waals surface area contributed by atoms with Crippen molar-refractivity contribution in [1.29, 1.82) is 0 Å². The largest absolute Gasteiger partial charge is 0.294 e. The number of carbonyl (C=O) groups is 1. The number of benzene rings is 2. The van der Waals surface area contributed by atoms with Gasteiger partial charge in [0.15, 0.2) is 5.78 Å². The summed E-state index contributed by atoms with van der Waals surface area (Å²) < 4.78 is 0. The third kappa shape index (κ3) is 2.29. The van der Waals surface area contributed by atoms with Crippen LogP contribution >= 0.6 is 0 Å². The van der Waals surface area contributed by atoms with Crippen LogP contribution < -0.4 is 0 Å². The van der Waals surface area contributed by atoms with Crippen LogP contribution in [0.15, 0.2) is 42.6 Å². The monoisotopic (exact) mass is 291 g/mol. The Morgan fingerprint density at radius 3 is 2.27 bits per heavy atom. The van der Waals surface area contributed by atoms with Gasteiger partial charge in [-0.2, -0.15) is 0 Å². The fourth-order valence-corrected chi connectivity index (χ4v) is 3.01. The molecule has 0 aliphatic rings. The van der Waals surface area contributed by atoms with Crippen LogP contribution in [0.25, 0.3) is 21.7 Å². The zero-order valence-corrected chi connectivity index (χ0v) is 13.6. The normalized spacial score (nSPS) is 11.7. The van der Waals surface area contributed by atoms with Crippen LogP contribution in [-0.2, 0) is 0 Å². The minimum absolute atomic E-state index is 0.0143. The van der Waals surface area contributed by atoms with Crippen molar-refractivity contribution < 1.29 is 4.79 Å². The topological polar surface area (TPSA) is 30.0 Å². The minimum atomic E-state index is -0.0143. The number of ketones is 1. The molecule has 0 radical (unpaired) electrons. The van der Waals surface area contributed by atoms with Gasteiger partial charge in [0, 0.05) is 28.5 Å². The SMILES string of the molecule is CC(C)C(=O)c1ccnc2c1cc(C(C)C)c1ccccc12. The number of rotatable bonds is 3. The van der Waals surface area contributed by atoms with Gasteiger partial charge in [-0.05, 0) is 29.0 Å². The highest BCUT2D eigenvalue weighted by Crippen LogP contribution is 2.33. The number of hydrogen-bond acceptors (Lipinski definition) is 2. The molecule has 0 atom stereocenters. The lowest BCUT2D eigenvalue weighted by Crippen LogP contribution is -2.08. The summed E-state index contributed by atoms with van der Waals surface area (Å²) in [6.07, 6.45) is 1.75. The van der Waals surface area contributed by atoms with Crippen molar-refractivity contribution in [1.82, 2.24) is 4.98 Å². The molecule has 0 aliphatic carbocycles. The lowest BCUT2D eigenvalue weighted by Gasteiger charge is -2.15. The predicted octanol–water partition coefficient (Wildman–Crippen LogP) is 5.35. The first kappa shape index (κ1) is 14.7. The van der Waals surface area contributed by atoms with Crippen LogP contribution in [0.3, 0.4) is 0 Å². The van der Waals surface area contributed by atoms with Crippen LogP contribution in [0.5, 0.6) is 0 Å².